The molecule has 3 heteroatoms. The summed E-state index contributed by atoms with van der Waals surface area (Å²) in [6.07, 6.45) is 10.2. The van der Waals surface area contributed by atoms with Gasteiger partial charge in [-0.3, -0.25) is 0 Å². The van der Waals surface area contributed by atoms with Crippen molar-refractivity contribution >= 4 is 0 Å². The van der Waals surface area contributed by atoms with Crippen molar-refractivity contribution in [3.8, 4) is 0 Å². The molecule has 3 nitrogen and oxygen atoms in total. The van der Waals surface area contributed by atoms with Crippen LogP contribution < -0.4 is 5.73 Å². The van der Waals surface area contributed by atoms with Gasteiger partial charge in [0.05, 0.1) is 0 Å². The fourth-order valence-electron chi connectivity index (χ4n) is 2.51. The van der Waals surface area contributed by atoms with Gasteiger partial charge in [-0.05, 0) is 25.3 Å². The Morgan fingerprint density at radius 1 is 1.20 bits per heavy atom. The van der Waals surface area contributed by atoms with E-state index in [2.05, 4.69) is 9.97 Å². The molecule has 0 spiro atoms. The molecule has 82 valence electrons. The number of nitrogens with zero attached hydrogens (tertiary/aromatic N) is 2. The van der Waals surface area contributed by atoms with Crippen molar-refractivity contribution in [3.05, 3.63) is 23.8 Å². The summed E-state index contributed by atoms with van der Waals surface area (Å²) in [6.45, 7) is 2.64. The van der Waals surface area contributed by atoms with Crippen molar-refractivity contribution in [2.75, 3.05) is 6.54 Å². The second kappa shape index (κ2) is 4.27. The van der Waals surface area contributed by atoms with Crippen LogP contribution in [0.25, 0.3) is 0 Å². The van der Waals surface area contributed by atoms with E-state index in [-0.39, 0.29) is 5.41 Å². The summed E-state index contributed by atoms with van der Waals surface area (Å²) in [5.41, 5.74) is 7.34. The molecule has 1 heterocycles. The first-order chi connectivity index (χ1) is 7.27. The maximum Gasteiger partial charge on any atom is 0.125 e. The van der Waals surface area contributed by atoms with Gasteiger partial charge in [0.2, 0.25) is 0 Å². The van der Waals surface area contributed by atoms with Gasteiger partial charge < -0.3 is 5.73 Å². The first-order valence-electron chi connectivity index (χ1n) is 5.76. The Labute approximate surface area is 91.1 Å². The Morgan fingerprint density at radius 2 is 1.80 bits per heavy atom. The molecule has 1 saturated carbocycles. The van der Waals surface area contributed by atoms with Crippen LogP contribution in [-0.2, 0) is 5.41 Å². The van der Waals surface area contributed by atoms with Gasteiger partial charge in [-0.1, -0.05) is 19.3 Å². The van der Waals surface area contributed by atoms with Crippen LogP contribution >= 0.6 is 0 Å². The number of aromatic nitrogens is 2. The third kappa shape index (κ3) is 2.02. The quantitative estimate of drug-likeness (QED) is 0.802. The van der Waals surface area contributed by atoms with Gasteiger partial charge >= 0.3 is 0 Å². The van der Waals surface area contributed by atoms with Crippen LogP contribution in [0.5, 0.6) is 0 Å². The zero-order valence-corrected chi connectivity index (χ0v) is 9.37. The molecular weight excluding hydrogens is 186 g/mol. The number of nitrogens with two attached hydrogens (primary N) is 1. The van der Waals surface area contributed by atoms with Gasteiger partial charge in [0.25, 0.3) is 0 Å². The summed E-state index contributed by atoms with van der Waals surface area (Å²) in [7, 11) is 0. The molecule has 0 atom stereocenters. The molecule has 1 aliphatic rings. The Morgan fingerprint density at radius 3 is 2.33 bits per heavy atom. The van der Waals surface area contributed by atoms with E-state index in [0.29, 0.717) is 0 Å². The summed E-state index contributed by atoms with van der Waals surface area (Å²) in [5, 5.41) is 0. The van der Waals surface area contributed by atoms with Crippen LogP contribution in [0.15, 0.2) is 12.4 Å². The second-order valence-corrected chi connectivity index (χ2v) is 4.56. The lowest BCUT2D eigenvalue weighted by atomic mass is 9.70. The third-order valence-corrected chi connectivity index (χ3v) is 3.59. The summed E-state index contributed by atoms with van der Waals surface area (Å²) < 4.78 is 0. The van der Waals surface area contributed by atoms with Crippen molar-refractivity contribution in [2.24, 2.45) is 5.73 Å². The molecule has 0 radical (unpaired) electrons. The lowest BCUT2D eigenvalue weighted by Crippen LogP contribution is -2.37. The summed E-state index contributed by atoms with van der Waals surface area (Å²) in [6, 6.07) is 0. The minimum Gasteiger partial charge on any atom is -0.330 e. The van der Waals surface area contributed by atoms with Crippen molar-refractivity contribution in [1.82, 2.24) is 9.97 Å². The Kier molecular flexibility index (Phi) is 3.00. The van der Waals surface area contributed by atoms with E-state index >= 15 is 0 Å². The van der Waals surface area contributed by atoms with Gasteiger partial charge in [0, 0.05) is 24.4 Å². The normalized spacial score (nSPS) is 20.1. The largest absolute Gasteiger partial charge is 0.330 e. The van der Waals surface area contributed by atoms with E-state index in [1.165, 1.54) is 37.7 Å². The fraction of sp³-hybridized carbons (Fsp3) is 0.667. The van der Waals surface area contributed by atoms with E-state index in [0.717, 1.165) is 12.4 Å². The lowest BCUT2D eigenvalue weighted by molar-refractivity contribution is 0.299. The molecule has 2 rings (SSSR count). The van der Waals surface area contributed by atoms with Crippen molar-refractivity contribution < 1.29 is 0 Å². The highest BCUT2D eigenvalue weighted by molar-refractivity contribution is 5.21. The maximum atomic E-state index is 5.95. The van der Waals surface area contributed by atoms with Crippen molar-refractivity contribution in [3.63, 3.8) is 0 Å². The fourth-order valence-corrected chi connectivity index (χ4v) is 2.51. The van der Waals surface area contributed by atoms with Gasteiger partial charge in [0.15, 0.2) is 0 Å². The van der Waals surface area contributed by atoms with Crippen LogP contribution in [0.2, 0.25) is 0 Å². The minimum atomic E-state index is 0.159. The molecule has 0 bridgehead atoms. The smallest absolute Gasteiger partial charge is 0.125 e. The van der Waals surface area contributed by atoms with Crippen LogP contribution in [0, 0.1) is 6.92 Å². The molecule has 1 aromatic heterocycles. The molecule has 15 heavy (non-hydrogen) atoms. The lowest BCUT2D eigenvalue weighted by Gasteiger charge is -2.36. The number of hydrogen-bond acceptors (Lipinski definition) is 3. The summed E-state index contributed by atoms with van der Waals surface area (Å²) >= 11 is 0. The predicted molar refractivity (Wildman–Crippen MR) is 60.6 cm³/mol. The zero-order chi connectivity index (χ0) is 10.7. The highest BCUT2D eigenvalue weighted by atomic mass is 14.9. The van der Waals surface area contributed by atoms with E-state index in [9.17, 15) is 0 Å². The maximum absolute atomic E-state index is 5.95. The molecule has 1 fully saturated rings. The molecule has 0 saturated heterocycles. The van der Waals surface area contributed by atoms with Gasteiger partial charge in [-0.25, -0.2) is 9.97 Å². The van der Waals surface area contributed by atoms with Crippen molar-refractivity contribution in [1.29, 1.82) is 0 Å². The first kappa shape index (κ1) is 10.6. The monoisotopic (exact) mass is 205 g/mol. The summed E-state index contributed by atoms with van der Waals surface area (Å²) in [5.74, 6) is 0.835. The van der Waals surface area contributed by atoms with Crippen LogP contribution in [0.4, 0.5) is 0 Å². The molecule has 1 aliphatic carbocycles. The van der Waals surface area contributed by atoms with Gasteiger partial charge in [0.1, 0.15) is 5.82 Å². The van der Waals surface area contributed by atoms with E-state index in [1.807, 2.05) is 19.3 Å². The van der Waals surface area contributed by atoms with Crippen LogP contribution in [0.3, 0.4) is 0 Å². The minimum absolute atomic E-state index is 0.159. The molecule has 2 N–H and O–H groups in total. The highest BCUT2D eigenvalue weighted by Crippen LogP contribution is 2.37. The molecule has 0 amide bonds. The average molecular weight is 205 g/mol. The molecule has 0 unspecified atom stereocenters. The second-order valence-electron chi connectivity index (χ2n) is 4.56. The molecular formula is C12H19N3. The van der Waals surface area contributed by atoms with Gasteiger partial charge in [-0.2, -0.15) is 0 Å². The number of rotatable bonds is 2. The zero-order valence-electron chi connectivity index (χ0n) is 9.37. The van der Waals surface area contributed by atoms with E-state index in [4.69, 9.17) is 5.73 Å². The molecule has 0 aromatic carbocycles. The molecule has 1 aromatic rings. The third-order valence-electron chi connectivity index (χ3n) is 3.59. The topological polar surface area (TPSA) is 51.8 Å². The van der Waals surface area contributed by atoms with Crippen molar-refractivity contribution in [2.45, 2.75) is 44.4 Å². The SMILES string of the molecule is Cc1ncc(C2(CN)CCCCC2)cn1. The summed E-state index contributed by atoms with van der Waals surface area (Å²) in [4.78, 5) is 8.56. The average Bonchev–Trinajstić information content (AvgIpc) is 2.31. The van der Waals surface area contributed by atoms with Crippen LogP contribution in [0.1, 0.15) is 43.5 Å². The van der Waals surface area contributed by atoms with Crippen LogP contribution in [-0.4, -0.2) is 16.5 Å². The number of aryl methyl sites for hydroxylation is 1. The van der Waals surface area contributed by atoms with E-state index < -0.39 is 0 Å². The Bertz CT molecular complexity index is 312. The Hall–Kier alpha value is -0.960. The molecule has 0 aliphatic heterocycles. The number of hydrogen-bond donors (Lipinski definition) is 1. The van der Waals surface area contributed by atoms with E-state index in [1.54, 1.807) is 0 Å². The Balaban J connectivity index is 2.28. The highest BCUT2D eigenvalue weighted by Gasteiger charge is 2.32. The first-order valence-corrected chi connectivity index (χ1v) is 5.76. The standard InChI is InChI=1S/C12H19N3/c1-10-14-7-11(8-15-10)12(9-13)5-3-2-4-6-12/h7-8H,2-6,9,13H2,1H3. The van der Waals surface area contributed by atoms with Gasteiger partial charge in [-0.15, -0.1) is 0 Å². The predicted octanol–water partition coefficient (Wildman–Crippen LogP) is 1.95.